The third kappa shape index (κ3) is 3.39. The summed E-state index contributed by atoms with van der Waals surface area (Å²) in [6.07, 6.45) is 4.19. The third-order valence-electron chi connectivity index (χ3n) is 3.67. The quantitative estimate of drug-likeness (QED) is 0.496. The predicted molar refractivity (Wildman–Crippen MR) is 89.8 cm³/mol. The number of β-lactam (4-membered cyclic amide) rings is 1. The number of alkyl halides is 3. The molecule has 0 aromatic carbocycles. The number of nitrogens with zero attached hydrogens (tertiary/aromatic N) is 2. The molecule has 22 heavy (non-hydrogen) atoms. The number of hydrogen-bond donors (Lipinski definition) is 1. The molecule has 1 aromatic rings. The van der Waals surface area contributed by atoms with Gasteiger partial charge in [-0.05, 0) is 0 Å². The minimum absolute atomic E-state index is 0.0192. The van der Waals surface area contributed by atoms with Crippen molar-refractivity contribution in [2.45, 2.75) is 28.2 Å². The van der Waals surface area contributed by atoms with E-state index in [0.29, 0.717) is 13.0 Å². The van der Waals surface area contributed by atoms with Gasteiger partial charge in [-0.15, -0.1) is 11.8 Å². The topological polar surface area (TPSA) is 50.2 Å². The van der Waals surface area contributed by atoms with E-state index in [1.54, 1.807) is 16.7 Å². The highest BCUT2D eigenvalue weighted by Gasteiger charge is 2.46. The van der Waals surface area contributed by atoms with Crippen molar-refractivity contribution < 1.29 is 9.36 Å². The van der Waals surface area contributed by atoms with Gasteiger partial charge in [0, 0.05) is 29.7 Å². The Balaban J connectivity index is 1.77. The number of pyridine rings is 1. The van der Waals surface area contributed by atoms with E-state index in [1.807, 2.05) is 35.2 Å². The lowest BCUT2D eigenvalue weighted by Gasteiger charge is -2.45. The summed E-state index contributed by atoms with van der Waals surface area (Å²) in [6, 6.07) is 5.42. The number of thioether (sulfide) groups is 1. The van der Waals surface area contributed by atoms with Crippen molar-refractivity contribution in [3.05, 3.63) is 41.9 Å². The molecule has 0 bridgehead atoms. The molecule has 0 radical (unpaired) electrons. The molecule has 4 nitrogen and oxygen atoms in total. The maximum Gasteiger partial charge on any atom is 0.247 e. The molecule has 2 aliphatic heterocycles. The zero-order valence-electron chi connectivity index (χ0n) is 11.6. The monoisotopic (exact) mass is 378 g/mol. The number of halogens is 3. The van der Waals surface area contributed by atoms with E-state index in [0.717, 1.165) is 17.0 Å². The largest absolute Gasteiger partial charge is 0.317 e. The van der Waals surface area contributed by atoms with E-state index in [1.165, 1.54) is 0 Å². The zero-order chi connectivity index (χ0) is 15.9. The summed E-state index contributed by atoms with van der Waals surface area (Å²) in [4.78, 5) is 13.4. The molecular weight excluding hydrogens is 365 g/mol. The fourth-order valence-corrected chi connectivity index (χ4v) is 4.21. The van der Waals surface area contributed by atoms with Crippen LogP contribution in [0.3, 0.4) is 0 Å². The summed E-state index contributed by atoms with van der Waals surface area (Å²) < 4.78 is 0.711. The highest BCUT2D eigenvalue weighted by molar-refractivity contribution is 8.00. The van der Waals surface area contributed by atoms with E-state index in [2.05, 4.69) is 0 Å². The van der Waals surface area contributed by atoms with Gasteiger partial charge >= 0.3 is 0 Å². The molecular formula is C14H15Cl3N3OS+. The molecule has 2 aliphatic rings. The van der Waals surface area contributed by atoms with E-state index in [4.69, 9.17) is 40.5 Å². The molecule has 1 saturated heterocycles. The lowest BCUT2D eigenvalue weighted by Crippen LogP contribution is -2.66. The number of nitrogens with two attached hydrogens (primary N) is 1. The van der Waals surface area contributed by atoms with E-state index >= 15 is 0 Å². The third-order valence-corrected chi connectivity index (χ3v) is 5.47. The Morgan fingerprint density at radius 3 is 2.91 bits per heavy atom. The fourth-order valence-electron chi connectivity index (χ4n) is 2.59. The van der Waals surface area contributed by atoms with Crippen molar-refractivity contribution in [1.82, 2.24) is 4.90 Å². The average molecular weight is 380 g/mol. The van der Waals surface area contributed by atoms with Crippen LogP contribution in [0.1, 0.15) is 5.69 Å². The molecule has 0 unspecified atom stereocenters. The first-order valence-electron chi connectivity index (χ1n) is 6.78. The standard InChI is InChI=1S/C14H15Cl3N3OS/c15-14(16,17)5-10-3-1-2-4-19(10)6-9-7-20-12(21)11(18)13(20)22-8-9/h1-4,7,11,13H,5-6,8,18H2/q+1/t11-,13-/m1/s1. The summed E-state index contributed by atoms with van der Waals surface area (Å²) >= 11 is 19.4. The first-order chi connectivity index (χ1) is 10.3. The van der Waals surface area contributed by atoms with Crippen LogP contribution >= 0.6 is 46.6 Å². The maximum absolute atomic E-state index is 11.7. The smallest absolute Gasteiger partial charge is 0.247 e. The maximum atomic E-state index is 11.7. The van der Waals surface area contributed by atoms with Crippen LogP contribution in [0.15, 0.2) is 36.2 Å². The Morgan fingerprint density at radius 1 is 1.41 bits per heavy atom. The van der Waals surface area contributed by atoms with Gasteiger partial charge in [-0.3, -0.25) is 4.79 Å². The Kier molecular flexibility index (Phi) is 4.63. The number of aromatic nitrogens is 1. The van der Waals surface area contributed by atoms with Gasteiger partial charge in [-0.25, -0.2) is 0 Å². The number of amides is 1. The molecule has 0 saturated carbocycles. The molecule has 1 fully saturated rings. The van der Waals surface area contributed by atoms with E-state index < -0.39 is 3.79 Å². The SMILES string of the molecule is N[C@@H]1C(=O)N2C=C(C[n+]3ccccc3CC(Cl)(Cl)Cl)CS[C@H]12. The predicted octanol–water partition coefficient (Wildman–Crippen LogP) is 2.01. The number of hydrogen-bond acceptors (Lipinski definition) is 3. The summed E-state index contributed by atoms with van der Waals surface area (Å²) in [5.74, 6) is 0.825. The Labute approximate surface area is 148 Å². The molecule has 0 aliphatic carbocycles. The van der Waals surface area contributed by atoms with Gasteiger partial charge in [-0.2, -0.15) is 4.57 Å². The van der Waals surface area contributed by atoms with Crippen molar-refractivity contribution in [3.63, 3.8) is 0 Å². The van der Waals surface area contributed by atoms with Gasteiger partial charge in [-0.1, -0.05) is 40.9 Å². The molecule has 8 heteroatoms. The van der Waals surface area contributed by atoms with Gasteiger partial charge < -0.3 is 10.6 Å². The highest BCUT2D eigenvalue weighted by Crippen LogP contribution is 2.35. The van der Waals surface area contributed by atoms with Gasteiger partial charge in [0.15, 0.2) is 22.2 Å². The molecule has 1 aromatic heterocycles. The molecule has 118 valence electrons. The lowest BCUT2D eigenvalue weighted by atomic mass is 10.1. The van der Waals surface area contributed by atoms with Gasteiger partial charge in [0.2, 0.25) is 5.91 Å². The van der Waals surface area contributed by atoms with Gasteiger partial charge in [0.05, 0.1) is 6.42 Å². The first-order valence-corrected chi connectivity index (χ1v) is 8.96. The number of rotatable bonds is 3. The molecule has 2 atom stereocenters. The van der Waals surface area contributed by atoms with E-state index in [9.17, 15) is 4.79 Å². The zero-order valence-corrected chi connectivity index (χ0v) is 14.7. The van der Waals surface area contributed by atoms with Crippen molar-refractivity contribution in [1.29, 1.82) is 0 Å². The van der Waals surface area contributed by atoms with Crippen LogP contribution in [-0.4, -0.2) is 31.8 Å². The Hall–Kier alpha value is -0.460. The van der Waals surface area contributed by atoms with Crippen LogP contribution in [0.4, 0.5) is 0 Å². The normalized spacial score (nSPS) is 24.6. The van der Waals surface area contributed by atoms with Crippen molar-refractivity contribution in [3.8, 4) is 0 Å². The van der Waals surface area contributed by atoms with Crippen LogP contribution < -0.4 is 10.3 Å². The summed E-state index contributed by atoms with van der Waals surface area (Å²) in [7, 11) is 0. The van der Waals surface area contributed by atoms with Gasteiger partial charge in [0.1, 0.15) is 11.4 Å². The number of carbonyl (C=O) groups is 1. The van der Waals surface area contributed by atoms with E-state index in [-0.39, 0.29) is 17.3 Å². The van der Waals surface area contributed by atoms with Crippen molar-refractivity contribution in [2.24, 2.45) is 5.73 Å². The molecule has 0 spiro atoms. The van der Waals surface area contributed by atoms with Crippen LogP contribution in [0, 0.1) is 0 Å². The molecule has 2 N–H and O–H groups in total. The fraction of sp³-hybridized carbons (Fsp3) is 0.429. The number of fused-ring (bicyclic) bond motifs is 1. The molecule has 3 heterocycles. The molecule has 1 amide bonds. The first kappa shape index (κ1) is 16.4. The second-order valence-corrected chi connectivity index (χ2v) is 8.99. The molecule has 3 rings (SSSR count). The van der Waals surface area contributed by atoms with Crippen molar-refractivity contribution in [2.75, 3.05) is 5.75 Å². The van der Waals surface area contributed by atoms with Crippen molar-refractivity contribution >= 4 is 52.5 Å². The van der Waals surface area contributed by atoms with Crippen LogP contribution in [0.2, 0.25) is 0 Å². The highest BCUT2D eigenvalue weighted by atomic mass is 35.6. The Morgan fingerprint density at radius 2 is 2.18 bits per heavy atom. The number of carbonyl (C=O) groups excluding carboxylic acids is 1. The summed E-state index contributed by atoms with van der Waals surface area (Å²) in [6.45, 7) is 0.662. The summed E-state index contributed by atoms with van der Waals surface area (Å²) in [5, 5.41) is 0.0812. The van der Waals surface area contributed by atoms with Crippen LogP contribution in [-0.2, 0) is 17.8 Å². The van der Waals surface area contributed by atoms with Gasteiger partial charge in [0.25, 0.3) is 0 Å². The second-order valence-electron chi connectivity index (χ2n) is 5.37. The summed E-state index contributed by atoms with van der Waals surface area (Å²) in [5.41, 5.74) is 7.85. The van der Waals surface area contributed by atoms with Crippen LogP contribution in [0.25, 0.3) is 0 Å². The minimum Gasteiger partial charge on any atom is -0.317 e. The van der Waals surface area contributed by atoms with Crippen LogP contribution in [0.5, 0.6) is 0 Å². The Bertz CT molecular complexity index is 632. The minimum atomic E-state index is -1.33. The second kappa shape index (κ2) is 6.21. The average Bonchev–Trinajstić information content (AvgIpc) is 2.47. The lowest BCUT2D eigenvalue weighted by molar-refractivity contribution is -0.696.